The first-order valence-corrected chi connectivity index (χ1v) is 23.9. The molecule has 14 aromatic rings. The zero-order chi connectivity index (χ0) is 45.0. The molecule has 2 heteroatoms. The van der Waals surface area contributed by atoms with Gasteiger partial charge in [-0.3, -0.25) is 0 Å². The number of benzene rings is 12. The van der Waals surface area contributed by atoms with E-state index in [1.807, 2.05) is 0 Å². The first kappa shape index (κ1) is 37.1. The molecule has 0 unspecified atom stereocenters. The highest BCUT2D eigenvalue weighted by molar-refractivity contribution is 6.25. The van der Waals surface area contributed by atoms with Crippen LogP contribution in [-0.4, -0.2) is 0 Å². The van der Waals surface area contributed by atoms with Crippen LogP contribution in [0.5, 0.6) is 0 Å². The third-order valence-corrected chi connectivity index (χ3v) is 15.7. The largest absolute Gasteiger partial charge is 0.456 e. The molecule has 0 radical (unpaired) electrons. The molecule has 0 atom stereocenters. The number of fused-ring (bicyclic) bond motifs is 20. The molecule has 2 heterocycles. The van der Waals surface area contributed by atoms with E-state index in [9.17, 15) is 0 Å². The van der Waals surface area contributed by atoms with Crippen LogP contribution in [0.3, 0.4) is 0 Å². The van der Waals surface area contributed by atoms with Crippen molar-refractivity contribution < 1.29 is 8.83 Å². The molecule has 1 spiro atoms. The van der Waals surface area contributed by atoms with Gasteiger partial charge in [-0.15, -0.1) is 0 Å². The van der Waals surface area contributed by atoms with E-state index < -0.39 is 5.41 Å². The molecule has 0 saturated carbocycles. The summed E-state index contributed by atoms with van der Waals surface area (Å²) in [6, 6.07) is 85.3. The Balaban J connectivity index is 1.09. The molecule has 2 aromatic heterocycles. The Bertz CT molecular complexity index is 4340. The molecule has 69 heavy (non-hydrogen) atoms. The highest BCUT2D eigenvalue weighted by atomic mass is 16.3. The van der Waals surface area contributed by atoms with E-state index in [1.165, 1.54) is 99.1 Å². The van der Waals surface area contributed by atoms with Crippen LogP contribution in [0.4, 0.5) is 0 Å². The molecule has 16 rings (SSSR count). The van der Waals surface area contributed by atoms with Crippen LogP contribution in [-0.2, 0) is 5.41 Å². The van der Waals surface area contributed by atoms with Crippen molar-refractivity contribution in [2.24, 2.45) is 0 Å². The van der Waals surface area contributed by atoms with Gasteiger partial charge in [-0.1, -0.05) is 200 Å². The average Bonchev–Trinajstić information content (AvgIpc) is 4.16. The van der Waals surface area contributed by atoms with Gasteiger partial charge < -0.3 is 8.83 Å². The maximum absolute atomic E-state index is 6.54. The topological polar surface area (TPSA) is 26.3 Å². The van der Waals surface area contributed by atoms with Gasteiger partial charge in [0, 0.05) is 21.5 Å². The lowest BCUT2D eigenvalue weighted by atomic mass is 9.70. The standard InChI is InChI=1S/C67H38O2/c1-2-17-40-39(16-1)36-37-57-65(40)66-51(28-13-31-56(66)67(57)54-29-7-3-18-43(54)44-19-4-8-30-55(44)67)62-47-24-11-22-41(45-26-14-34-60-63(45)49-20-5-9-32-58(49)68-60)52(47)38-53-42(23-12-25-48(53)62)46-27-15-35-61-64(46)50-21-6-10-33-59(50)69-61/h1-38H. The Hall–Kier alpha value is -8.98. The van der Waals surface area contributed by atoms with Crippen LogP contribution in [0, 0.1) is 0 Å². The minimum atomic E-state index is -0.509. The molecule has 2 aliphatic carbocycles. The molecule has 0 N–H and O–H groups in total. The fourth-order valence-corrected chi connectivity index (χ4v) is 13.1. The molecule has 0 amide bonds. The Morgan fingerprint density at radius 2 is 0.652 bits per heavy atom. The van der Waals surface area contributed by atoms with E-state index in [2.05, 4.69) is 231 Å². The summed E-state index contributed by atoms with van der Waals surface area (Å²) in [4.78, 5) is 0. The molecule has 0 saturated heterocycles. The summed E-state index contributed by atoms with van der Waals surface area (Å²) in [6.07, 6.45) is 0. The lowest BCUT2D eigenvalue weighted by Crippen LogP contribution is -2.25. The van der Waals surface area contributed by atoms with Gasteiger partial charge in [0.05, 0.1) is 5.41 Å². The fraction of sp³-hybridized carbons (Fsp3) is 0.0149. The highest BCUT2D eigenvalue weighted by Gasteiger charge is 2.52. The number of hydrogen-bond donors (Lipinski definition) is 0. The molecule has 2 nitrogen and oxygen atoms in total. The second-order valence-electron chi connectivity index (χ2n) is 18.9. The zero-order valence-corrected chi connectivity index (χ0v) is 37.3. The van der Waals surface area contributed by atoms with Crippen LogP contribution in [0.25, 0.3) is 132 Å². The van der Waals surface area contributed by atoms with Crippen molar-refractivity contribution in [3.05, 3.63) is 253 Å². The van der Waals surface area contributed by atoms with Gasteiger partial charge in [-0.2, -0.15) is 0 Å². The van der Waals surface area contributed by atoms with Crippen LogP contribution >= 0.6 is 0 Å². The van der Waals surface area contributed by atoms with E-state index >= 15 is 0 Å². The van der Waals surface area contributed by atoms with Gasteiger partial charge in [0.25, 0.3) is 0 Å². The molecule has 0 bridgehead atoms. The lowest BCUT2D eigenvalue weighted by Gasteiger charge is -2.30. The quantitative estimate of drug-likeness (QED) is 0.165. The van der Waals surface area contributed by atoms with Gasteiger partial charge >= 0.3 is 0 Å². The summed E-state index contributed by atoms with van der Waals surface area (Å²) < 4.78 is 13.1. The smallest absolute Gasteiger partial charge is 0.136 e. The SMILES string of the molecule is c1ccc2c(c1)-c1ccccc1C21c2cccc(-c3c4cccc(-c5cccc6oc7ccccc7c56)c4cc4c(-c5cccc6oc7ccccc7c56)cccc34)c2-c2c1ccc1ccccc21. The maximum atomic E-state index is 6.54. The second-order valence-corrected chi connectivity index (χ2v) is 18.9. The highest BCUT2D eigenvalue weighted by Crippen LogP contribution is 2.65. The van der Waals surface area contributed by atoms with Crippen molar-refractivity contribution in [3.8, 4) is 55.6 Å². The van der Waals surface area contributed by atoms with E-state index in [-0.39, 0.29) is 0 Å². The average molecular weight is 875 g/mol. The van der Waals surface area contributed by atoms with Crippen molar-refractivity contribution >= 4 is 76.2 Å². The summed E-state index contributed by atoms with van der Waals surface area (Å²) in [5.74, 6) is 0. The monoisotopic (exact) mass is 874 g/mol. The predicted octanol–water partition coefficient (Wildman–Crippen LogP) is 18.3. The molecule has 2 aliphatic rings. The Morgan fingerprint density at radius 3 is 1.28 bits per heavy atom. The van der Waals surface area contributed by atoms with Crippen molar-refractivity contribution in [1.82, 2.24) is 0 Å². The van der Waals surface area contributed by atoms with Gasteiger partial charge in [0.15, 0.2) is 0 Å². The summed E-state index contributed by atoms with van der Waals surface area (Å²) in [7, 11) is 0. The van der Waals surface area contributed by atoms with Crippen molar-refractivity contribution in [2.45, 2.75) is 5.41 Å². The minimum absolute atomic E-state index is 0.509. The number of rotatable bonds is 3. The van der Waals surface area contributed by atoms with E-state index in [0.717, 1.165) is 55.0 Å². The molecule has 12 aromatic carbocycles. The van der Waals surface area contributed by atoms with Gasteiger partial charge in [0.1, 0.15) is 22.3 Å². The van der Waals surface area contributed by atoms with Crippen molar-refractivity contribution in [1.29, 1.82) is 0 Å². The Morgan fingerprint density at radius 1 is 0.232 bits per heavy atom. The van der Waals surface area contributed by atoms with E-state index in [0.29, 0.717) is 0 Å². The van der Waals surface area contributed by atoms with E-state index in [4.69, 9.17) is 8.83 Å². The van der Waals surface area contributed by atoms with Gasteiger partial charge in [-0.25, -0.2) is 0 Å². The molecular formula is C67H38O2. The predicted molar refractivity (Wildman–Crippen MR) is 286 cm³/mol. The summed E-state index contributed by atoms with van der Waals surface area (Å²) in [5.41, 5.74) is 20.7. The van der Waals surface area contributed by atoms with Crippen molar-refractivity contribution in [2.75, 3.05) is 0 Å². The number of furan rings is 2. The Kier molecular flexibility index (Phi) is 7.30. The lowest BCUT2D eigenvalue weighted by molar-refractivity contribution is 0.668. The normalized spacial score (nSPS) is 13.3. The maximum Gasteiger partial charge on any atom is 0.136 e. The third-order valence-electron chi connectivity index (χ3n) is 15.7. The molecule has 0 fully saturated rings. The number of para-hydroxylation sites is 2. The summed E-state index contributed by atoms with van der Waals surface area (Å²) >= 11 is 0. The van der Waals surface area contributed by atoms with Crippen LogP contribution in [0.15, 0.2) is 239 Å². The van der Waals surface area contributed by atoms with E-state index in [1.54, 1.807) is 0 Å². The second kappa shape index (κ2) is 13.6. The van der Waals surface area contributed by atoms with Crippen LogP contribution < -0.4 is 0 Å². The Labute approximate surface area is 396 Å². The van der Waals surface area contributed by atoms with Crippen LogP contribution in [0.1, 0.15) is 22.3 Å². The van der Waals surface area contributed by atoms with Gasteiger partial charge in [0.2, 0.25) is 0 Å². The summed E-state index contributed by atoms with van der Waals surface area (Å²) in [5, 5.41) is 11.8. The fourth-order valence-electron chi connectivity index (χ4n) is 13.1. The van der Waals surface area contributed by atoms with Crippen molar-refractivity contribution in [3.63, 3.8) is 0 Å². The number of hydrogen-bond acceptors (Lipinski definition) is 2. The zero-order valence-electron chi connectivity index (χ0n) is 37.3. The molecular weight excluding hydrogens is 837 g/mol. The first-order chi connectivity index (χ1) is 34.3. The third kappa shape index (κ3) is 4.75. The molecule has 318 valence electrons. The minimum Gasteiger partial charge on any atom is -0.456 e. The summed E-state index contributed by atoms with van der Waals surface area (Å²) in [6.45, 7) is 0. The van der Waals surface area contributed by atoms with Gasteiger partial charge in [-0.05, 0) is 141 Å². The first-order valence-electron chi connectivity index (χ1n) is 23.9. The van der Waals surface area contributed by atoms with Crippen LogP contribution in [0.2, 0.25) is 0 Å². The molecule has 0 aliphatic heterocycles.